The summed E-state index contributed by atoms with van der Waals surface area (Å²) in [6.07, 6.45) is 2.10. The molecule has 0 saturated carbocycles. The third-order valence-electron chi connectivity index (χ3n) is 2.64. The lowest BCUT2D eigenvalue weighted by atomic mass is 10.2. The molecule has 0 fully saturated rings. The van der Waals surface area contributed by atoms with Crippen LogP contribution in [0.5, 0.6) is 0 Å². The van der Waals surface area contributed by atoms with Gasteiger partial charge in [0.15, 0.2) is 5.69 Å². The summed E-state index contributed by atoms with van der Waals surface area (Å²) in [6.45, 7) is 2.43. The van der Waals surface area contributed by atoms with Gasteiger partial charge in [-0.2, -0.15) is 0 Å². The van der Waals surface area contributed by atoms with E-state index in [2.05, 4.69) is 10.3 Å². The fourth-order valence-corrected chi connectivity index (χ4v) is 1.60. The van der Waals surface area contributed by atoms with E-state index in [0.29, 0.717) is 12.4 Å². The molecule has 0 aliphatic heterocycles. The fraction of sp³-hybridized carbons (Fsp3) is 0.286. The summed E-state index contributed by atoms with van der Waals surface area (Å²) < 4.78 is 5.30. The summed E-state index contributed by atoms with van der Waals surface area (Å²) in [4.78, 5) is 16.0. The smallest absolute Gasteiger partial charge is 0.273 e. The maximum Gasteiger partial charge on any atom is 0.273 e. The quantitative estimate of drug-likeness (QED) is 0.858. The molecule has 1 atom stereocenters. The number of oxazole rings is 1. The second-order valence-electron chi connectivity index (χ2n) is 4.43. The van der Waals surface area contributed by atoms with Crippen molar-refractivity contribution in [1.29, 1.82) is 0 Å². The van der Waals surface area contributed by atoms with Crippen LogP contribution in [0, 0.1) is 0 Å². The summed E-state index contributed by atoms with van der Waals surface area (Å²) in [7, 11) is 0. The number of nitrogens with two attached hydrogens (primary N) is 1. The van der Waals surface area contributed by atoms with E-state index in [-0.39, 0.29) is 17.6 Å². The Morgan fingerprint density at radius 2 is 2.16 bits per heavy atom. The SMILES string of the molecule is CC(N)CCNC(=O)c1coc(-c2ccccc2)n1. The number of carbonyl (C=O) groups excluding carboxylic acids is 1. The summed E-state index contributed by atoms with van der Waals surface area (Å²) >= 11 is 0. The molecule has 3 N–H and O–H groups in total. The predicted molar refractivity (Wildman–Crippen MR) is 72.5 cm³/mol. The monoisotopic (exact) mass is 259 g/mol. The lowest BCUT2D eigenvalue weighted by Gasteiger charge is -2.05. The highest BCUT2D eigenvalue weighted by molar-refractivity contribution is 5.92. The zero-order chi connectivity index (χ0) is 13.7. The molecule has 1 amide bonds. The lowest BCUT2D eigenvalue weighted by molar-refractivity contribution is 0.0948. The minimum atomic E-state index is -0.244. The van der Waals surface area contributed by atoms with E-state index in [1.807, 2.05) is 37.3 Å². The van der Waals surface area contributed by atoms with E-state index in [1.54, 1.807) is 0 Å². The molecular formula is C14H17N3O2. The van der Waals surface area contributed by atoms with Gasteiger partial charge in [-0.25, -0.2) is 4.98 Å². The Balaban J connectivity index is 1.99. The van der Waals surface area contributed by atoms with Crippen LogP contribution in [-0.2, 0) is 0 Å². The first-order valence-corrected chi connectivity index (χ1v) is 6.21. The van der Waals surface area contributed by atoms with Crippen molar-refractivity contribution < 1.29 is 9.21 Å². The van der Waals surface area contributed by atoms with Crippen molar-refractivity contribution in [3.63, 3.8) is 0 Å². The van der Waals surface area contributed by atoms with Gasteiger partial charge in [0, 0.05) is 18.2 Å². The highest BCUT2D eigenvalue weighted by Crippen LogP contribution is 2.17. The largest absolute Gasteiger partial charge is 0.444 e. The van der Waals surface area contributed by atoms with Gasteiger partial charge in [0.05, 0.1) is 0 Å². The summed E-state index contributed by atoms with van der Waals surface area (Å²) in [5.41, 5.74) is 6.74. The molecule has 0 saturated heterocycles. The molecule has 0 spiro atoms. The Morgan fingerprint density at radius 1 is 1.42 bits per heavy atom. The fourth-order valence-electron chi connectivity index (χ4n) is 1.60. The molecule has 0 bridgehead atoms. The second-order valence-corrected chi connectivity index (χ2v) is 4.43. The van der Waals surface area contributed by atoms with Gasteiger partial charge in [0.2, 0.25) is 5.89 Å². The maximum absolute atomic E-state index is 11.8. The van der Waals surface area contributed by atoms with Crippen molar-refractivity contribution in [2.24, 2.45) is 5.73 Å². The average molecular weight is 259 g/mol. The van der Waals surface area contributed by atoms with Crippen molar-refractivity contribution in [3.8, 4) is 11.5 Å². The van der Waals surface area contributed by atoms with Gasteiger partial charge < -0.3 is 15.5 Å². The Hall–Kier alpha value is -2.14. The van der Waals surface area contributed by atoms with E-state index < -0.39 is 0 Å². The van der Waals surface area contributed by atoms with Crippen LogP contribution in [-0.4, -0.2) is 23.5 Å². The van der Waals surface area contributed by atoms with Crippen LogP contribution in [0.3, 0.4) is 0 Å². The molecule has 2 rings (SSSR count). The maximum atomic E-state index is 11.8. The topological polar surface area (TPSA) is 81.1 Å². The van der Waals surface area contributed by atoms with E-state index >= 15 is 0 Å². The highest BCUT2D eigenvalue weighted by Gasteiger charge is 2.12. The van der Waals surface area contributed by atoms with E-state index in [0.717, 1.165) is 12.0 Å². The molecule has 2 aromatic rings. The number of aromatic nitrogens is 1. The molecule has 5 nitrogen and oxygen atoms in total. The van der Waals surface area contributed by atoms with Crippen molar-refractivity contribution >= 4 is 5.91 Å². The number of benzene rings is 1. The van der Waals surface area contributed by atoms with Crippen LogP contribution in [0.4, 0.5) is 0 Å². The van der Waals surface area contributed by atoms with Gasteiger partial charge >= 0.3 is 0 Å². The minimum absolute atomic E-state index is 0.0671. The first-order chi connectivity index (χ1) is 9.16. The van der Waals surface area contributed by atoms with Crippen LogP contribution in [0.25, 0.3) is 11.5 Å². The zero-order valence-electron chi connectivity index (χ0n) is 10.8. The van der Waals surface area contributed by atoms with Crippen molar-refractivity contribution in [2.75, 3.05) is 6.54 Å². The number of nitrogens with zero attached hydrogens (tertiary/aromatic N) is 1. The Morgan fingerprint density at radius 3 is 2.84 bits per heavy atom. The van der Waals surface area contributed by atoms with Crippen LogP contribution in [0.1, 0.15) is 23.8 Å². The van der Waals surface area contributed by atoms with E-state index in [4.69, 9.17) is 10.2 Å². The van der Waals surface area contributed by atoms with Crippen molar-refractivity contribution in [1.82, 2.24) is 10.3 Å². The van der Waals surface area contributed by atoms with Gasteiger partial charge in [0.1, 0.15) is 6.26 Å². The molecular weight excluding hydrogens is 242 g/mol. The van der Waals surface area contributed by atoms with E-state index in [9.17, 15) is 4.79 Å². The zero-order valence-corrected chi connectivity index (χ0v) is 10.8. The van der Waals surface area contributed by atoms with E-state index in [1.165, 1.54) is 6.26 Å². The molecule has 0 aliphatic rings. The Kier molecular flexibility index (Phi) is 4.30. The first kappa shape index (κ1) is 13.3. The number of hydrogen-bond donors (Lipinski definition) is 2. The normalized spacial score (nSPS) is 12.1. The van der Waals surface area contributed by atoms with Crippen molar-refractivity contribution in [2.45, 2.75) is 19.4 Å². The first-order valence-electron chi connectivity index (χ1n) is 6.21. The number of nitrogens with one attached hydrogen (secondary N) is 1. The van der Waals surface area contributed by atoms with Crippen LogP contribution < -0.4 is 11.1 Å². The molecule has 1 unspecified atom stereocenters. The van der Waals surface area contributed by atoms with Gasteiger partial charge in [-0.15, -0.1) is 0 Å². The second kappa shape index (κ2) is 6.15. The van der Waals surface area contributed by atoms with Gasteiger partial charge in [-0.3, -0.25) is 4.79 Å². The molecule has 5 heteroatoms. The highest BCUT2D eigenvalue weighted by atomic mass is 16.3. The number of carbonyl (C=O) groups is 1. The third-order valence-corrected chi connectivity index (χ3v) is 2.64. The van der Waals surface area contributed by atoms with Crippen LogP contribution in [0.2, 0.25) is 0 Å². The molecule has 1 heterocycles. The summed E-state index contributed by atoms with van der Waals surface area (Å²) in [6, 6.07) is 9.52. The Bertz CT molecular complexity index is 535. The summed E-state index contributed by atoms with van der Waals surface area (Å²) in [5.74, 6) is 0.199. The molecule has 19 heavy (non-hydrogen) atoms. The molecule has 100 valence electrons. The third kappa shape index (κ3) is 3.66. The van der Waals surface area contributed by atoms with Crippen molar-refractivity contribution in [3.05, 3.63) is 42.3 Å². The average Bonchev–Trinajstić information content (AvgIpc) is 2.89. The van der Waals surface area contributed by atoms with Crippen LogP contribution in [0.15, 0.2) is 41.0 Å². The molecule has 0 radical (unpaired) electrons. The number of amides is 1. The van der Waals surface area contributed by atoms with Crippen LogP contribution >= 0.6 is 0 Å². The predicted octanol–water partition coefficient (Wildman–Crippen LogP) is 1.81. The summed E-state index contributed by atoms with van der Waals surface area (Å²) in [5, 5.41) is 2.75. The molecule has 1 aromatic heterocycles. The molecule has 1 aromatic carbocycles. The number of hydrogen-bond acceptors (Lipinski definition) is 4. The minimum Gasteiger partial charge on any atom is -0.444 e. The van der Waals surface area contributed by atoms with Gasteiger partial charge in [-0.05, 0) is 25.5 Å². The Labute approximate surface area is 111 Å². The molecule has 0 aliphatic carbocycles. The standard InChI is InChI=1S/C14H17N3O2/c1-10(15)7-8-16-13(18)12-9-19-14(17-12)11-5-3-2-4-6-11/h2-6,9-10H,7-8,15H2,1H3,(H,16,18). The van der Waals surface area contributed by atoms with Gasteiger partial charge in [-0.1, -0.05) is 18.2 Å². The van der Waals surface area contributed by atoms with Gasteiger partial charge in [0.25, 0.3) is 5.91 Å². The number of rotatable bonds is 5. The lowest BCUT2D eigenvalue weighted by Crippen LogP contribution is -2.29.